The molecular formula is C12H19N2O+. The molecule has 1 N–H and O–H groups in total. The summed E-state index contributed by atoms with van der Waals surface area (Å²) in [6.07, 6.45) is 8.47. The molecule has 1 heterocycles. The predicted octanol–water partition coefficient (Wildman–Crippen LogP) is 2.36. The summed E-state index contributed by atoms with van der Waals surface area (Å²) < 4.78 is 2.11. The van der Waals surface area contributed by atoms with Gasteiger partial charge < -0.3 is 5.21 Å². The quantitative estimate of drug-likeness (QED) is 0.251. The lowest BCUT2D eigenvalue weighted by Crippen LogP contribution is -2.37. The van der Waals surface area contributed by atoms with E-state index in [2.05, 4.69) is 16.6 Å². The molecular weight excluding hydrogens is 188 g/mol. The standard InChI is InChI=1S/C12H18N2O/c1-2-3-4-6-9-14-10-7-5-8-12(14)11-13-15/h5,7-8,10-11H,2-4,6,9H2,1H3/p+1. The summed E-state index contributed by atoms with van der Waals surface area (Å²) >= 11 is 0. The van der Waals surface area contributed by atoms with E-state index in [1.54, 1.807) is 0 Å². The van der Waals surface area contributed by atoms with E-state index in [1.165, 1.54) is 31.9 Å². The Morgan fingerprint density at radius 3 is 2.93 bits per heavy atom. The molecule has 1 rings (SSSR count). The van der Waals surface area contributed by atoms with Crippen LogP contribution in [0.2, 0.25) is 0 Å². The number of rotatable bonds is 6. The van der Waals surface area contributed by atoms with E-state index >= 15 is 0 Å². The van der Waals surface area contributed by atoms with E-state index in [1.807, 2.05) is 24.4 Å². The SMILES string of the molecule is CCCCCC[n+]1ccccc1C=NO. The minimum absolute atomic E-state index is 0.941. The molecule has 0 radical (unpaired) electrons. The fraction of sp³-hybridized carbons (Fsp3) is 0.500. The van der Waals surface area contributed by atoms with E-state index in [4.69, 9.17) is 5.21 Å². The number of pyridine rings is 1. The maximum absolute atomic E-state index is 8.51. The van der Waals surface area contributed by atoms with E-state index < -0.39 is 0 Å². The summed E-state index contributed by atoms with van der Waals surface area (Å²) in [5, 5.41) is 11.6. The van der Waals surface area contributed by atoms with Crippen molar-refractivity contribution in [3.8, 4) is 0 Å². The maximum Gasteiger partial charge on any atom is 0.227 e. The van der Waals surface area contributed by atoms with Crippen molar-refractivity contribution in [3.63, 3.8) is 0 Å². The van der Waals surface area contributed by atoms with Gasteiger partial charge in [0.05, 0.1) is 0 Å². The first-order valence-corrected chi connectivity index (χ1v) is 5.54. The van der Waals surface area contributed by atoms with Gasteiger partial charge in [-0.25, -0.2) is 0 Å². The number of hydrogen-bond donors (Lipinski definition) is 1. The number of nitrogens with zero attached hydrogens (tertiary/aromatic N) is 2. The number of unbranched alkanes of at least 4 members (excludes halogenated alkanes) is 3. The molecule has 0 atom stereocenters. The monoisotopic (exact) mass is 207 g/mol. The summed E-state index contributed by atoms with van der Waals surface area (Å²) in [5.74, 6) is 0. The summed E-state index contributed by atoms with van der Waals surface area (Å²) in [6, 6.07) is 5.88. The molecule has 0 aromatic carbocycles. The minimum Gasteiger partial charge on any atom is -0.411 e. The van der Waals surface area contributed by atoms with Crippen molar-refractivity contribution in [3.05, 3.63) is 30.1 Å². The third kappa shape index (κ3) is 4.11. The summed E-state index contributed by atoms with van der Waals surface area (Å²) in [4.78, 5) is 0. The molecule has 0 amide bonds. The van der Waals surface area contributed by atoms with E-state index in [0.29, 0.717) is 0 Å². The molecule has 0 saturated carbocycles. The lowest BCUT2D eigenvalue weighted by atomic mass is 10.2. The van der Waals surface area contributed by atoms with Gasteiger partial charge in [0.1, 0.15) is 12.8 Å². The average Bonchev–Trinajstić information content (AvgIpc) is 2.27. The highest BCUT2D eigenvalue weighted by Crippen LogP contribution is 1.99. The Hall–Kier alpha value is -1.38. The zero-order valence-corrected chi connectivity index (χ0v) is 9.26. The van der Waals surface area contributed by atoms with Gasteiger partial charge in [-0.05, 0) is 12.5 Å². The van der Waals surface area contributed by atoms with Gasteiger partial charge in [-0.1, -0.05) is 24.9 Å². The first-order valence-electron chi connectivity index (χ1n) is 5.54. The van der Waals surface area contributed by atoms with Gasteiger partial charge in [0.15, 0.2) is 6.20 Å². The second-order valence-corrected chi connectivity index (χ2v) is 3.62. The lowest BCUT2D eigenvalue weighted by molar-refractivity contribution is -0.698. The van der Waals surface area contributed by atoms with Gasteiger partial charge in [0, 0.05) is 18.6 Å². The molecule has 0 aliphatic carbocycles. The van der Waals surface area contributed by atoms with Gasteiger partial charge in [-0.3, -0.25) is 0 Å². The molecule has 3 nitrogen and oxygen atoms in total. The van der Waals surface area contributed by atoms with Gasteiger partial charge >= 0.3 is 0 Å². The summed E-state index contributed by atoms with van der Waals surface area (Å²) in [6.45, 7) is 3.20. The van der Waals surface area contributed by atoms with Crippen molar-refractivity contribution < 1.29 is 9.77 Å². The number of aromatic nitrogens is 1. The van der Waals surface area contributed by atoms with Crippen LogP contribution in [0.25, 0.3) is 0 Å². The van der Waals surface area contributed by atoms with Crippen molar-refractivity contribution in [2.45, 2.75) is 39.2 Å². The fourth-order valence-electron chi connectivity index (χ4n) is 1.58. The molecule has 0 aliphatic heterocycles. The zero-order valence-electron chi connectivity index (χ0n) is 9.26. The normalized spacial score (nSPS) is 11.0. The van der Waals surface area contributed by atoms with Crippen molar-refractivity contribution in [1.82, 2.24) is 0 Å². The lowest BCUT2D eigenvalue weighted by Gasteiger charge is -1.99. The molecule has 0 bridgehead atoms. The summed E-state index contributed by atoms with van der Waals surface area (Å²) in [5.41, 5.74) is 0.941. The third-order valence-corrected chi connectivity index (χ3v) is 2.42. The van der Waals surface area contributed by atoms with Crippen molar-refractivity contribution in [1.29, 1.82) is 0 Å². The Morgan fingerprint density at radius 2 is 2.20 bits per heavy atom. The van der Waals surface area contributed by atoms with Crippen molar-refractivity contribution >= 4 is 6.21 Å². The minimum atomic E-state index is 0.941. The highest BCUT2D eigenvalue weighted by Gasteiger charge is 2.05. The third-order valence-electron chi connectivity index (χ3n) is 2.42. The Morgan fingerprint density at radius 1 is 1.33 bits per heavy atom. The van der Waals surface area contributed by atoms with Crippen LogP contribution >= 0.6 is 0 Å². The first kappa shape index (κ1) is 11.7. The number of hydrogen-bond acceptors (Lipinski definition) is 2. The molecule has 0 saturated heterocycles. The van der Waals surface area contributed by atoms with E-state index in [0.717, 1.165) is 12.2 Å². The Kier molecular flexibility index (Phi) is 5.44. The van der Waals surface area contributed by atoms with Crippen LogP contribution in [0.5, 0.6) is 0 Å². The van der Waals surface area contributed by atoms with Crippen LogP contribution in [0, 0.1) is 0 Å². The fourth-order valence-corrected chi connectivity index (χ4v) is 1.58. The second-order valence-electron chi connectivity index (χ2n) is 3.62. The average molecular weight is 207 g/mol. The molecule has 0 fully saturated rings. The highest BCUT2D eigenvalue weighted by molar-refractivity contribution is 5.74. The van der Waals surface area contributed by atoms with Crippen LogP contribution in [-0.4, -0.2) is 11.4 Å². The Balaban J connectivity index is 2.51. The molecule has 3 heteroatoms. The molecule has 0 unspecified atom stereocenters. The number of aryl methyl sites for hydroxylation is 1. The first-order chi connectivity index (χ1) is 7.38. The van der Waals surface area contributed by atoms with E-state index in [9.17, 15) is 0 Å². The highest BCUT2D eigenvalue weighted by atomic mass is 16.4. The number of oxime groups is 1. The topological polar surface area (TPSA) is 36.5 Å². The Labute approximate surface area is 91.1 Å². The van der Waals surface area contributed by atoms with Crippen LogP contribution < -0.4 is 4.57 Å². The van der Waals surface area contributed by atoms with Gasteiger partial charge in [-0.15, -0.1) is 0 Å². The van der Waals surface area contributed by atoms with Crippen LogP contribution in [0.4, 0.5) is 0 Å². The van der Waals surface area contributed by atoms with E-state index in [-0.39, 0.29) is 0 Å². The Bertz CT molecular complexity index is 310. The summed E-state index contributed by atoms with van der Waals surface area (Å²) in [7, 11) is 0. The van der Waals surface area contributed by atoms with Crippen LogP contribution in [0.1, 0.15) is 38.3 Å². The van der Waals surface area contributed by atoms with Gasteiger partial charge in [0.2, 0.25) is 5.69 Å². The molecule has 0 aliphatic rings. The zero-order chi connectivity index (χ0) is 10.9. The molecule has 1 aromatic rings. The molecule has 15 heavy (non-hydrogen) atoms. The maximum atomic E-state index is 8.51. The largest absolute Gasteiger partial charge is 0.411 e. The van der Waals surface area contributed by atoms with Crippen LogP contribution in [0.3, 0.4) is 0 Å². The van der Waals surface area contributed by atoms with Crippen molar-refractivity contribution in [2.75, 3.05) is 0 Å². The van der Waals surface area contributed by atoms with Crippen LogP contribution in [-0.2, 0) is 6.54 Å². The smallest absolute Gasteiger partial charge is 0.227 e. The van der Waals surface area contributed by atoms with Crippen LogP contribution in [0.15, 0.2) is 29.6 Å². The van der Waals surface area contributed by atoms with Gasteiger partial charge in [-0.2, -0.15) is 4.57 Å². The molecule has 0 spiro atoms. The van der Waals surface area contributed by atoms with Gasteiger partial charge in [0.25, 0.3) is 0 Å². The molecule has 1 aromatic heterocycles. The predicted molar refractivity (Wildman–Crippen MR) is 60.2 cm³/mol. The van der Waals surface area contributed by atoms with Crippen molar-refractivity contribution in [2.24, 2.45) is 5.16 Å². The second kappa shape index (κ2) is 6.98. The molecule has 82 valence electrons.